The van der Waals surface area contributed by atoms with Crippen LogP contribution in [0, 0.1) is 0 Å². The zero-order chi connectivity index (χ0) is 13.9. The predicted molar refractivity (Wildman–Crippen MR) is 84.6 cm³/mol. The summed E-state index contributed by atoms with van der Waals surface area (Å²) in [6.07, 6.45) is 3.21. The van der Waals surface area contributed by atoms with Crippen LogP contribution in [0.15, 0.2) is 6.07 Å². The summed E-state index contributed by atoms with van der Waals surface area (Å²) in [7, 11) is 1.77. The maximum absolute atomic E-state index is 5.74. The molecule has 0 saturated heterocycles. The number of hydrogen-bond donors (Lipinski definition) is 2. The molecule has 0 saturated carbocycles. The van der Waals surface area contributed by atoms with Gasteiger partial charge in [0.1, 0.15) is 0 Å². The number of ether oxygens (including phenoxy) is 1. The van der Waals surface area contributed by atoms with Crippen LogP contribution in [0.1, 0.15) is 48.0 Å². The van der Waals surface area contributed by atoms with Crippen LogP contribution < -0.4 is 11.3 Å². The first-order valence-corrected chi connectivity index (χ1v) is 8.73. The third-order valence-corrected chi connectivity index (χ3v) is 6.14. The van der Waals surface area contributed by atoms with Crippen molar-refractivity contribution in [3.8, 4) is 0 Å². The third kappa shape index (κ3) is 3.95. The number of rotatable bonds is 6. The largest absolute Gasteiger partial charge is 0.379 e. The minimum absolute atomic E-state index is 0.0815. The van der Waals surface area contributed by atoms with Crippen molar-refractivity contribution in [2.24, 2.45) is 5.84 Å². The van der Waals surface area contributed by atoms with Crippen LogP contribution in [0.5, 0.6) is 0 Å². The van der Waals surface area contributed by atoms with E-state index in [4.69, 9.17) is 10.6 Å². The highest BCUT2D eigenvalue weighted by atomic mass is 32.2. The van der Waals surface area contributed by atoms with E-state index >= 15 is 0 Å². The molecule has 0 aromatic carbocycles. The molecule has 1 unspecified atom stereocenters. The summed E-state index contributed by atoms with van der Waals surface area (Å²) in [4.78, 5) is 2.93. The Morgan fingerprint density at radius 2 is 2.32 bits per heavy atom. The molecular weight excluding hydrogens is 276 g/mol. The fraction of sp³-hybridized carbons (Fsp3) is 0.714. The molecule has 3 N–H and O–H groups in total. The van der Waals surface area contributed by atoms with Crippen LogP contribution in [0.3, 0.4) is 0 Å². The van der Waals surface area contributed by atoms with Crippen molar-refractivity contribution in [1.82, 2.24) is 5.43 Å². The Hall–Kier alpha value is -0.0700. The molecule has 108 valence electrons. The average molecular weight is 300 g/mol. The summed E-state index contributed by atoms with van der Waals surface area (Å²) >= 11 is 3.96. The lowest BCUT2D eigenvalue weighted by Gasteiger charge is -2.25. The van der Waals surface area contributed by atoms with Gasteiger partial charge >= 0.3 is 0 Å². The standard InChI is InChI=1S/C14H24N2OS2/c1-14(2,17-3)6-4-11(16-15)13-8-10-9-18-7-5-12(10)19-13/h8,11,16H,4-7,9,15H2,1-3H3. The smallest absolute Gasteiger partial charge is 0.0623 e. The van der Waals surface area contributed by atoms with E-state index < -0.39 is 0 Å². The topological polar surface area (TPSA) is 47.3 Å². The van der Waals surface area contributed by atoms with Gasteiger partial charge in [-0.2, -0.15) is 11.8 Å². The van der Waals surface area contributed by atoms with Gasteiger partial charge < -0.3 is 4.74 Å². The van der Waals surface area contributed by atoms with Gasteiger partial charge in [0.05, 0.1) is 11.6 Å². The zero-order valence-corrected chi connectivity index (χ0v) is 13.6. The first kappa shape index (κ1) is 15.3. The minimum Gasteiger partial charge on any atom is -0.379 e. The van der Waals surface area contributed by atoms with Crippen LogP contribution in [0.2, 0.25) is 0 Å². The van der Waals surface area contributed by atoms with Crippen molar-refractivity contribution in [2.75, 3.05) is 12.9 Å². The van der Waals surface area contributed by atoms with Crippen LogP contribution in [0.4, 0.5) is 0 Å². The quantitative estimate of drug-likeness (QED) is 0.625. The van der Waals surface area contributed by atoms with Gasteiger partial charge in [-0.1, -0.05) is 0 Å². The molecular formula is C14H24N2OS2. The number of hydrogen-bond acceptors (Lipinski definition) is 5. The molecule has 0 amide bonds. The number of nitrogens with one attached hydrogen (secondary N) is 1. The average Bonchev–Trinajstić information content (AvgIpc) is 2.83. The van der Waals surface area contributed by atoms with Gasteiger partial charge in [0, 0.05) is 22.6 Å². The van der Waals surface area contributed by atoms with Crippen molar-refractivity contribution in [3.63, 3.8) is 0 Å². The molecule has 19 heavy (non-hydrogen) atoms. The number of hydrazine groups is 1. The van der Waals surface area contributed by atoms with E-state index in [0.29, 0.717) is 0 Å². The Balaban J connectivity index is 2.03. The maximum Gasteiger partial charge on any atom is 0.0623 e. The van der Waals surface area contributed by atoms with E-state index in [-0.39, 0.29) is 11.6 Å². The van der Waals surface area contributed by atoms with Gasteiger partial charge in [-0.15, -0.1) is 11.3 Å². The maximum atomic E-state index is 5.74. The lowest BCUT2D eigenvalue weighted by molar-refractivity contribution is 0.0117. The molecule has 0 radical (unpaired) electrons. The number of aryl methyl sites for hydroxylation is 1. The second kappa shape index (κ2) is 6.59. The molecule has 3 nitrogen and oxygen atoms in total. The van der Waals surface area contributed by atoms with Crippen molar-refractivity contribution in [2.45, 2.75) is 50.5 Å². The summed E-state index contributed by atoms with van der Waals surface area (Å²) in [6.45, 7) is 4.24. The summed E-state index contributed by atoms with van der Waals surface area (Å²) in [6, 6.07) is 2.59. The van der Waals surface area contributed by atoms with E-state index in [0.717, 1.165) is 18.6 Å². The second-order valence-electron chi connectivity index (χ2n) is 5.62. The molecule has 0 spiro atoms. The summed E-state index contributed by atoms with van der Waals surface area (Å²) in [5.74, 6) is 8.16. The van der Waals surface area contributed by atoms with E-state index in [1.165, 1.54) is 22.6 Å². The molecule has 0 aliphatic carbocycles. The SMILES string of the molecule is COC(C)(C)CCC(NN)c1cc2c(s1)CCSC2. The molecule has 1 aliphatic heterocycles. The van der Waals surface area contributed by atoms with Crippen molar-refractivity contribution in [1.29, 1.82) is 0 Å². The number of fused-ring (bicyclic) bond motifs is 1. The summed E-state index contributed by atoms with van der Waals surface area (Å²) in [5, 5.41) is 0. The number of thioether (sulfide) groups is 1. The molecule has 2 heterocycles. The van der Waals surface area contributed by atoms with Crippen LogP contribution in [0.25, 0.3) is 0 Å². The van der Waals surface area contributed by atoms with E-state index in [1.807, 2.05) is 23.1 Å². The number of methoxy groups -OCH3 is 1. The fourth-order valence-corrected chi connectivity index (χ4v) is 4.71. The lowest BCUT2D eigenvalue weighted by atomic mass is 9.98. The summed E-state index contributed by atoms with van der Waals surface area (Å²) in [5.41, 5.74) is 4.41. The van der Waals surface area contributed by atoms with Gasteiger partial charge in [-0.25, -0.2) is 0 Å². The minimum atomic E-state index is -0.0815. The predicted octanol–water partition coefficient (Wildman–Crippen LogP) is 3.25. The molecule has 2 rings (SSSR count). The molecule has 1 atom stereocenters. The van der Waals surface area contributed by atoms with Gasteiger partial charge in [0.2, 0.25) is 0 Å². The van der Waals surface area contributed by atoms with E-state index in [9.17, 15) is 0 Å². The van der Waals surface area contributed by atoms with Gasteiger partial charge in [-0.05, 0) is 50.5 Å². The Bertz CT molecular complexity index is 394. The second-order valence-corrected chi connectivity index (χ2v) is 7.90. The lowest BCUT2D eigenvalue weighted by Crippen LogP contribution is -2.30. The molecule has 0 bridgehead atoms. The van der Waals surface area contributed by atoms with E-state index in [2.05, 4.69) is 25.3 Å². The van der Waals surface area contributed by atoms with Gasteiger partial charge in [0.25, 0.3) is 0 Å². The Morgan fingerprint density at radius 1 is 1.53 bits per heavy atom. The van der Waals surface area contributed by atoms with Gasteiger partial charge in [0.15, 0.2) is 0 Å². The van der Waals surface area contributed by atoms with Crippen molar-refractivity contribution >= 4 is 23.1 Å². The van der Waals surface area contributed by atoms with E-state index in [1.54, 1.807) is 12.0 Å². The van der Waals surface area contributed by atoms with Crippen molar-refractivity contribution in [3.05, 3.63) is 21.4 Å². The molecule has 0 fully saturated rings. The highest BCUT2D eigenvalue weighted by Gasteiger charge is 2.22. The molecule has 1 aromatic rings. The Kier molecular flexibility index (Phi) is 5.31. The number of thiophene rings is 1. The van der Waals surface area contributed by atoms with Crippen molar-refractivity contribution < 1.29 is 4.74 Å². The first-order valence-electron chi connectivity index (χ1n) is 6.76. The van der Waals surface area contributed by atoms with Gasteiger partial charge in [-0.3, -0.25) is 11.3 Å². The molecule has 1 aliphatic rings. The highest BCUT2D eigenvalue weighted by molar-refractivity contribution is 7.98. The molecule has 5 heteroatoms. The monoisotopic (exact) mass is 300 g/mol. The molecule has 1 aromatic heterocycles. The van der Waals surface area contributed by atoms with Crippen LogP contribution >= 0.6 is 23.1 Å². The zero-order valence-electron chi connectivity index (χ0n) is 12.0. The summed E-state index contributed by atoms with van der Waals surface area (Å²) < 4.78 is 5.48. The highest BCUT2D eigenvalue weighted by Crippen LogP contribution is 2.36. The normalized spacial score (nSPS) is 17.3. The number of nitrogens with two attached hydrogens (primary N) is 1. The first-order chi connectivity index (χ1) is 9.05. The van der Waals surface area contributed by atoms with Crippen LogP contribution in [-0.2, 0) is 16.9 Å². The Morgan fingerprint density at radius 3 is 2.95 bits per heavy atom. The van der Waals surface area contributed by atoms with Crippen LogP contribution in [-0.4, -0.2) is 18.5 Å². The Labute approximate surface area is 124 Å². The third-order valence-electron chi connectivity index (χ3n) is 3.78. The fourth-order valence-electron chi connectivity index (χ4n) is 2.24.